The number of hydrogen-bond acceptors (Lipinski definition) is 7. The van der Waals surface area contributed by atoms with Crippen molar-refractivity contribution in [2.45, 2.75) is 13.0 Å². The monoisotopic (exact) mass is 455 g/mol. The highest BCUT2D eigenvalue weighted by atomic mass is 19.3. The van der Waals surface area contributed by atoms with Crippen molar-refractivity contribution in [2.24, 2.45) is 0 Å². The summed E-state index contributed by atoms with van der Waals surface area (Å²) in [5, 5.41) is 18.5. The van der Waals surface area contributed by atoms with E-state index in [4.69, 9.17) is 4.42 Å². The molecule has 11 heteroatoms. The number of anilines is 1. The Balaban J connectivity index is 1.32. The lowest BCUT2D eigenvalue weighted by atomic mass is 10.1. The van der Waals surface area contributed by atoms with Crippen LogP contribution in [0.4, 0.5) is 18.9 Å². The van der Waals surface area contributed by atoms with E-state index in [1.54, 1.807) is 10.9 Å². The average Bonchev–Trinajstić information content (AvgIpc) is 3.52. The fraction of sp³-hybridized carbons (Fsp3) is 0.273. The van der Waals surface area contributed by atoms with Gasteiger partial charge in [-0.2, -0.15) is 8.78 Å². The van der Waals surface area contributed by atoms with Crippen LogP contribution in [-0.4, -0.2) is 51.4 Å². The smallest absolute Gasteiger partial charge is 0.314 e. The van der Waals surface area contributed by atoms with E-state index in [-0.39, 0.29) is 18.0 Å². The number of nitrogens with one attached hydrogen (secondary N) is 1. The van der Waals surface area contributed by atoms with Crippen LogP contribution in [0, 0.1) is 5.82 Å². The Bertz CT molecular complexity index is 1250. The van der Waals surface area contributed by atoms with Gasteiger partial charge in [0.2, 0.25) is 5.89 Å². The van der Waals surface area contributed by atoms with Crippen LogP contribution in [0.1, 0.15) is 17.9 Å². The zero-order chi connectivity index (χ0) is 22.8. The van der Waals surface area contributed by atoms with Gasteiger partial charge in [-0.05, 0) is 24.3 Å². The molecular weight excluding hydrogens is 435 g/mol. The van der Waals surface area contributed by atoms with Gasteiger partial charge in [0, 0.05) is 48.6 Å². The van der Waals surface area contributed by atoms with Gasteiger partial charge in [0.1, 0.15) is 11.5 Å². The number of benzene rings is 2. The minimum absolute atomic E-state index is 0.155. The van der Waals surface area contributed by atoms with E-state index >= 15 is 0 Å². The van der Waals surface area contributed by atoms with Gasteiger partial charge in [-0.1, -0.05) is 23.4 Å². The first-order chi connectivity index (χ1) is 16.1. The summed E-state index contributed by atoms with van der Waals surface area (Å²) in [4.78, 5) is 2.31. The van der Waals surface area contributed by atoms with Crippen molar-refractivity contribution in [3.8, 4) is 22.7 Å². The molecule has 0 saturated carbocycles. The first-order valence-corrected chi connectivity index (χ1v) is 10.4. The topological polar surface area (TPSA) is 84.9 Å². The molecule has 1 aliphatic rings. The predicted octanol–water partition coefficient (Wildman–Crippen LogP) is 3.53. The molecule has 0 unspecified atom stereocenters. The summed E-state index contributed by atoms with van der Waals surface area (Å²) >= 11 is 0. The lowest BCUT2D eigenvalue weighted by molar-refractivity contribution is 0.116. The third kappa shape index (κ3) is 4.58. The van der Waals surface area contributed by atoms with Crippen LogP contribution in [0.5, 0.6) is 0 Å². The maximum absolute atomic E-state index is 14.7. The Morgan fingerprint density at radius 2 is 1.85 bits per heavy atom. The van der Waals surface area contributed by atoms with Crippen LogP contribution in [0.2, 0.25) is 0 Å². The molecule has 1 aliphatic heterocycles. The number of alkyl halides is 2. The first-order valence-electron chi connectivity index (χ1n) is 10.4. The van der Waals surface area contributed by atoms with E-state index in [1.807, 2.05) is 12.1 Å². The zero-order valence-corrected chi connectivity index (χ0v) is 17.5. The van der Waals surface area contributed by atoms with Gasteiger partial charge < -0.3 is 14.6 Å². The summed E-state index contributed by atoms with van der Waals surface area (Å²) in [6.07, 6.45) is -1.12. The molecule has 1 fully saturated rings. The Kier molecular flexibility index (Phi) is 5.78. The van der Waals surface area contributed by atoms with Crippen LogP contribution >= 0.6 is 0 Å². The van der Waals surface area contributed by atoms with Crippen LogP contribution in [0.15, 0.2) is 53.1 Å². The average molecular weight is 455 g/mol. The fourth-order valence-corrected chi connectivity index (χ4v) is 3.72. The molecule has 0 atom stereocenters. The molecule has 5 rings (SSSR count). The second kappa shape index (κ2) is 9.02. The molecule has 2 aromatic heterocycles. The second-order valence-corrected chi connectivity index (χ2v) is 7.64. The molecule has 1 saturated heterocycles. The highest BCUT2D eigenvalue weighted by molar-refractivity contribution is 5.65. The van der Waals surface area contributed by atoms with Crippen LogP contribution in [-0.2, 0) is 6.54 Å². The van der Waals surface area contributed by atoms with Crippen molar-refractivity contribution in [2.75, 3.05) is 31.1 Å². The zero-order valence-electron chi connectivity index (χ0n) is 17.5. The van der Waals surface area contributed by atoms with Crippen LogP contribution < -0.4 is 10.2 Å². The van der Waals surface area contributed by atoms with E-state index in [0.29, 0.717) is 11.3 Å². The molecule has 0 spiro atoms. The third-order valence-electron chi connectivity index (χ3n) is 5.42. The third-order valence-corrected chi connectivity index (χ3v) is 5.42. The van der Waals surface area contributed by atoms with Crippen molar-refractivity contribution in [1.29, 1.82) is 0 Å². The second-order valence-electron chi connectivity index (χ2n) is 7.64. The van der Waals surface area contributed by atoms with Gasteiger partial charge in [-0.15, -0.1) is 15.3 Å². The maximum Gasteiger partial charge on any atom is 0.314 e. The van der Waals surface area contributed by atoms with E-state index < -0.39 is 18.1 Å². The van der Waals surface area contributed by atoms with E-state index in [0.717, 1.165) is 37.4 Å². The maximum atomic E-state index is 14.7. The lowest BCUT2D eigenvalue weighted by Gasteiger charge is -2.29. The molecule has 0 radical (unpaired) electrons. The molecule has 3 heterocycles. The van der Waals surface area contributed by atoms with Crippen molar-refractivity contribution in [3.63, 3.8) is 0 Å². The van der Waals surface area contributed by atoms with Gasteiger partial charge in [-0.3, -0.25) is 0 Å². The van der Waals surface area contributed by atoms with Crippen molar-refractivity contribution in [1.82, 2.24) is 30.5 Å². The standard InChI is InChI=1S/C22H20F3N7O/c23-18-11-15(21-28-29-22(33-21)20(24)25)4-5-16(18)12-32-13-19(27-30-32)14-2-1-3-17(10-14)31-8-6-26-7-9-31/h1-5,10-11,13,20,26H,6-9,12H2. The van der Waals surface area contributed by atoms with E-state index in [9.17, 15) is 13.2 Å². The molecule has 4 aromatic rings. The lowest BCUT2D eigenvalue weighted by Crippen LogP contribution is -2.43. The van der Waals surface area contributed by atoms with Gasteiger partial charge in [-0.25, -0.2) is 9.07 Å². The SMILES string of the molecule is Fc1cc(-c2nnc(C(F)F)o2)ccc1Cn1cc(-c2cccc(N3CCNCC3)c2)nn1. The number of halogens is 3. The van der Waals surface area contributed by atoms with Crippen molar-refractivity contribution in [3.05, 3.63) is 65.9 Å². The number of rotatable bonds is 6. The van der Waals surface area contributed by atoms with E-state index in [1.165, 1.54) is 18.2 Å². The number of nitrogens with zero attached hydrogens (tertiary/aromatic N) is 6. The van der Waals surface area contributed by atoms with Crippen LogP contribution in [0.25, 0.3) is 22.7 Å². The molecule has 0 aliphatic carbocycles. The first kappa shape index (κ1) is 21.1. The Morgan fingerprint density at radius 1 is 1.00 bits per heavy atom. The summed E-state index contributed by atoms with van der Waals surface area (Å²) in [6, 6.07) is 12.3. The summed E-state index contributed by atoms with van der Waals surface area (Å²) in [5.41, 5.74) is 3.33. The molecule has 2 aromatic carbocycles. The molecule has 0 bridgehead atoms. The van der Waals surface area contributed by atoms with E-state index in [2.05, 4.69) is 42.9 Å². The number of aromatic nitrogens is 5. The van der Waals surface area contributed by atoms with Gasteiger partial charge >= 0.3 is 6.43 Å². The molecule has 1 N–H and O–H groups in total. The van der Waals surface area contributed by atoms with Gasteiger partial charge in [0.25, 0.3) is 5.89 Å². The Hall–Kier alpha value is -3.73. The highest BCUT2D eigenvalue weighted by Crippen LogP contribution is 2.26. The number of hydrogen-bond donors (Lipinski definition) is 1. The van der Waals surface area contributed by atoms with Crippen molar-refractivity contribution >= 4 is 5.69 Å². The quantitative estimate of drug-likeness (QED) is 0.476. The minimum atomic E-state index is -2.88. The molecular formula is C22H20F3N7O. The van der Waals surface area contributed by atoms with Crippen molar-refractivity contribution < 1.29 is 17.6 Å². The highest BCUT2D eigenvalue weighted by Gasteiger charge is 2.18. The fourth-order valence-electron chi connectivity index (χ4n) is 3.72. The van der Waals surface area contributed by atoms with Gasteiger partial charge in [0.15, 0.2) is 0 Å². The molecule has 170 valence electrons. The largest absolute Gasteiger partial charge is 0.415 e. The molecule has 0 amide bonds. The van der Waals surface area contributed by atoms with Crippen LogP contribution in [0.3, 0.4) is 0 Å². The normalized spacial score (nSPS) is 14.2. The summed E-state index contributed by atoms with van der Waals surface area (Å²) in [5.74, 6) is -1.50. The number of piperazine rings is 1. The Morgan fingerprint density at radius 3 is 2.61 bits per heavy atom. The predicted molar refractivity (Wildman–Crippen MR) is 114 cm³/mol. The Labute approximate surface area is 187 Å². The van der Waals surface area contributed by atoms with Gasteiger partial charge in [0.05, 0.1) is 12.7 Å². The summed E-state index contributed by atoms with van der Waals surface area (Å²) < 4.78 is 46.4. The molecule has 33 heavy (non-hydrogen) atoms. The summed E-state index contributed by atoms with van der Waals surface area (Å²) in [6.45, 7) is 3.94. The summed E-state index contributed by atoms with van der Waals surface area (Å²) in [7, 11) is 0. The molecule has 8 nitrogen and oxygen atoms in total. The minimum Gasteiger partial charge on any atom is -0.415 e.